The molecule has 2 aromatic rings. The van der Waals surface area contributed by atoms with Crippen molar-refractivity contribution in [3.63, 3.8) is 0 Å². The standard InChI is InChI=1S/C16H16O4Si/c1-21(2,12-6-4-3-5-7-12)14-10-11(15(17)18)8-9-13(14)16(19)20/h3-10H,1-2H3,(H,17,18)(H,19,20). The van der Waals surface area contributed by atoms with Crippen LogP contribution in [0.4, 0.5) is 0 Å². The second-order valence-corrected chi connectivity index (χ2v) is 9.73. The smallest absolute Gasteiger partial charge is 0.335 e. The predicted molar refractivity (Wildman–Crippen MR) is 83.6 cm³/mol. The summed E-state index contributed by atoms with van der Waals surface area (Å²) in [4.78, 5) is 22.6. The van der Waals surface area contributed by atoms with Crippen LogP contribution in [0, 0.1) is 0 Å². The topological polar surface area (TPSA) is 74.6 Å². The van der Waals surface area contributed by atoms with Crippen LogP contribution < -0.4 is 10.4 Å². The van der Waals surface area contributed by atoms with E-state index in [0.29, 0.717) is 5.19 Å². The summed E-state index contributed by atoms with van der Waals surface area (Å²) < 4.78 is 0. The predicted octanol–water partition coefficient (Wildman–Crippen LogP) is 1.91. The first-order valence-corrected chi connectivity index (χ1v) is 9.50. The summed E-state index contributed by atoms with van der Waals surface area (Å²) in [6.07, 6.45) is 0. The fourth-order valence-electron chi connectivity index (χ4n) is 2.39. The first-order valence-electron chi connectivity index (χ1n) is 6.50. The molecule has 0 saturated carbocycles. The van der Waals surface area contributed by atoms with Gasteiger partial charge in [-0.3, -0.25) is 0 Å². The maximum atomic E-state index is 11.5. The van der Waals surface area contributed by atoms with Gasteiger partial charge in [-0.15, -0.1) is 0 Å². The second kappa shape index (κ2) is 5.53. The van der Waals surface area contributed by atoms with E-state index in [4.69, 9.17) is 5.11 Å². The van der Waals surface area contributed by atoms with Gasteiger partial charge in [0.1, 0.15) is 8.07 Å². The number of carboxylic acids is 2. The zero-order valence-corrected chi connectivity index (χ0v) is 12.8. The number of carbonyl (C=O) groups is 2. The highest BCUT2D eigenvalue weighted by Gasteiger charge is 2.31. The number of benzene rings is 2. The van der Waals surface area contributed by atoms with Crippen molar-refractivity contribution in [1.29, 1.82) is 0 Å². The Kier molecular flexibility index (Phi) is 3.95. The summed E-state index contributed by atoms with van der Waals surface area (Å²) in [6, 6.07) is 13.9. The van der Waals surface area contributed by atoms with Gasteiger partial charge in [0.05, 0.1) is 11.1 Å². The van der Waals surface area contributed by atoms with Crippen LogP contribution in [0.25, 0.3) is 0 Å². The number of aromatic carboxylic acids is 2. The van der Waals surface area contributed by atoms with E-state index in [1.54, 1.807) is 0 Å². The minimum absolute atomic E-state index is 0.117. The highest BCUT2D eigenvalue weighted by atomic mass is 28.3. The van der Waals surface area contributed by atoms with E-state index in [1.165, 1.54) is 18.2 Å². The Morgan fingerprint density at radius 3 is 2.05 bits per heavy atom. The van der Waals surface area contributed by atoms with Crippen molar-refractivity contribution in [3.8, 4) is 0 Å². The lowest BCUT2D eigenvalue weighted by molar-refractivity contribution is 0.0682. The van der Waals surface area contributed by atoms with Crippen LogP contribution in [0.15, 0.2) is 48.5 Å². The van der Waals surface area contributed by atoms with Gasteiger partial charge in [-0.1, -0.05) is 48.6 Å². The molecule has 108 valence electrons. The molecule has 5 heteroatoms. The zero-order valence-electron chi connectivity index (χ0n) is 11.8. The SMILES string of the molecule is C[Si](C)(c1ccccc1)c1cc(C(=O)O)ccc1C(=O)O. The van der Waals surface area contributed by atoms with Gasteiger partial charge >= 0.3 is 11.9 Å². The lowest BCUT2D eigenvalue weighted by atomic mass is 10.1. The second-order valence-electron chi connectivity index (χ2n) is 5.36. The average Bonchev–Trinajstić information content (AvgIpc) is 2.47. The number of hydrogen-bond donors (Lipinski definition) is 2. The molecule has 0 fully saturated rings. The maximum Gasteiger partial charge on any atom is 0.335 e. The van der Waals surface area contributed by atoms with Crippen LogP contribution in [0.3, 0.4) is 0 Å². The third kappa shape index (κ3) is 2.87. The summed E-state index contributed by atoms with van der Waals surface area (Å²) in [7, 11) is -2.28. The van der Waals surface area contributed by atoms with Crippen LogP contribution >= 0.6 is 0 Å². The minimum atomic E-state index is -2.28. The Balaban J connectivity index is 2.67. The van der Waals surface area contributed by atoms with Gasteiger partial charge in [0.25, 0.3) is 0 Å². The van der Waals surface area contributed by atoms with Crippen LogP contribution in [-0.2, 0) is 0 Å². The van der Waals surface area contributed by atoms with E-state index >= 15 is 0 Å². The van der Waals surface area contributed by atoms with E-state index in [0.717, 1.165) is 5.19 Å². The molecule has 2 rings (SSSR count). The van der Waals surface area contributed by atoms with Crippen molar-refractivity contribution < 1.29 is 19.8 Å². The highest BCUT2D eigenvalue weighted by molar-refractivity contribution is 7.01. The van der Waals surface area contributed by atoms with Gasteiger partial charge in [-0.05, 0) is 23.4 Å². The molecular weight excluding hydrogens is 284 g/mol. The molecule has 0 aliphatic rings. The minimum Gasteiger partial charge on any atom is -0.478 e. The third-order valence-corrected chi connectivity index (χ3v) is 7.20. The number of rotatable bonds is 4. The van der Waals surface area contributed by atoms with Gasteiger partial charge in [0.2, 0.25) is 0 Å². The van der Waals surface area contributed by atoms with Crippen molar-refractivity contribution >= 4 is 30.4 Å². The zero-order chi connectivity index (χ0) is 15.6. The lowest BCUT2D eigenvalue weighted by Crippen LogP contribution is -2.54. The van der Waals surface area contributed by atoms with Crippen molar-refractivity contribution in [2.75, 3.05) is 0 Å². The van der Waals surface area contributed by atoms with Crippen LogP contribution in [0.2, 0.25) is 13.1 Å². The van der Waals surface area contributed by atoms with Crippen LogP contribution in [-0.4, -0.2) is 30.2 Å². The van der Waals surface area contributed by atoms with Gasteiger partial charge in [-0.25, -0.2) is 9.59 Å². The normalized spacial score (nSPS) is 11.1. The first kappa shape index (κ1) is 15.0. The molecule has 2 aromatic carbocycles. The van der Waals surface area contributed by atoms with Crippen molar-refractivity contribution in [3.05, 3.63) is 59.7 Å². The quantitative estimate of drug-likeness (QED) is 0.846. The van der Waals surface area contributed by atoms with Gasteiger partial charge in [0, 0.05) is 0 Å². The van der Waals surface area contributed by atoms with Crippen LogP contribution in [0.1, 0.15) is 20.7 Å². The number of carboxylic acid groups (broad SMARTS) is 2. The Hall–Kier alpha value is -2.40. The first-order chi connectivity index (χ1) is 9.84. The van der Waals surface area contributed by atoms with E-state index < -0.39 is 20.0 Å². The molecule has 0 aromatic heterocycles. The Labute approximate surface area is 123 Å². The fourth-order valence-corrected chi connectivity index (χ4v) is 5.11. The molecule has 0 spiro atoms. The molecule has 0 heterocycles. The Morgan fingerprint density at radius 2 is 1.52 bits per heavy atom. The molecule has 0 radical (unpaired) electrons. The van der Waals surface area contributed by atoms with Gasteiger partial charge in [-0.2, -0.15) is 0 Å². The maximum absolute atomic E-state index is 11.5. The summed E-state index contributed by atoms with van der Waals surface area (Å²) >= 11 is 0. The summed E-state index contributed by atoms with van der Waals surface area (Å²) in [5.41, 5.74) is 0.298. The van der Waals surface area contributed by atoms with Crippen molar-refractivity contribution in [2.24, 2.45) is 0 Å². The molecular formula is C16H16O4Si. The van der Waals surface area contributed by atoms with E-state index in [2.05, 4.69) is 0 Å². The Morgan fingerprint density at radius 1 is 0.905 bits per heavy atom. The molecule has 21 heavy (non-hydrogen) atoms. The number of hydrogen-bond acceptors (Lipinski definition) is 2. The monoisotopic (exact) mass is 300 g/mol. The fraction of sp³-hybridized carbons (Fsp3) is 0.125. The summed E-state index contributed by atoms with van der Waals surface area (Å²) in [5, 5.41) is 20.2. The highest BCUT2D eigenvalue weighted by Crippen LogP contribution is 2.11. The lowest BCUT2D eigenvalue weighted by Gasteiger charge is -2.25. The molecule has 0 amide bonds. The molecule has 0 aliphatic carbocycles. The van der Waals surface area contributed by atoms with Crippen LogP contribution in [0.5, 0.6) is 0 Å². The molecule has 2 N–H and O–H groups in total. The van der Waals surface area contributed by atoms with Gasteiger partial charge < -0.3 is 10.2 Å². The van der Waals surface area contributed by atoms with Gasteiger partial charge in [0.15, 0.2) is 0 Å². The largest absolute Gasteiger partial charge is 0.478 e. The molecule has 0 unspecified atom stereocenters. The Bertz CT molecular complexity index is 693. The molecule has 0 saturated heterocycles. The van der Waals surface area contributed by atoms with E-state index in [-0.39, 0.29) is 11.1 Å². The van der Waals surface area contributed by atoms with E-state index in [1.807, 2.05) is 43.4 Å². The average molecular weight is 300 g/mol. The molecule has 0 atom stereocenters. The van der Waals surface area contributed by atoms with Crippen molar-refractivity contribution in [1.82, 2.24) is 0 Å². The van der Waals surface area contributed by atoms with E-state index in [9.17, 15) is 14.7 Å². The molecule has 4 nitrogen and oxygen atoms in total. The molecule has 0 aliphatic heterocycles. The third-order valence-electron chi connectivity index (χ3n) is 3.67. The summed E-state index contributed by atoms with van der Waals surface area (Å²) in [6.45, 7) is 4.05. The van der Waals surface area contributed by atoms with Crippen molar-refractivity contribution in [2.45, 2.75) is 13.1 Å². The molecule has 0 bridgehead atoms. The summed E-state index contributed by atoms with van der Waals surface area (Å²) in [5.74, 6) is -2.08.